The molecule has 2 heterocycles. The third-order valence-electron chi connectivity index (χ3n) is 5.96. The normalized spacial score (nSPS) is 12.6. The summed E-state index contributed by atoms with van der Waals surface area (Å²) >= 11 is 0. The fraction of sp³-hybridized carbons (Fsp3) is 0.300. The van der Waals surface area contributed by atoms with Crippen molar-refractivity contribution in [2.24, 2.45) is 0 Å². The lowest BCUT2D eigenvalue weighted by molar-refractivity contribution is -0.138. The molecule has 1 aliphatic heterocycles. The van der Waals surface area contributed by atoms with Gasteiger partial charge in [-0.1, -0.05) is 70.2 Å². The summed E-state index contributed by atoms with van der Waals surface area (Å²) in [7, 11) is 0. The molecule has 0 aliphatic carbocycles. The molecule has 5 rings (SSSR count). The zero-order valence-corrected chi connectivity index (χ0v) is 22.4. The second kappa shape index (κ2) is 13.2. The van der Waals surface area contributed by atoms with Gasteiger partial charge in [0.05, 0.1) is 12.0 Å². The fourth-order valence-electron chi connectivity index (χ4n) is 4.25. The Morgan fingerprint density at radius 3 is 2.05 bits per heavy atom. The molecule has 0 radical (unpaired) electrons. The number of carboxylic acids is 1. The molecular weight excluding hydrogens is 507 g/mol. The largest absolute Gasteiger partial charge is 0.481 e. The van der Waals surface area contributed by atoms with Crippen LogP contribution in [0.3, 0.4) is 0 Å². The van der Waals surface area contributed by atoms with E-state index >= 15 is 0 Å². The third kappa shape index (κ3) is 7.11. The molecule has 39 heavy (non-hydrogen) atoms. The maximum atomic E-state index is 13.9. The Morgan fingerprint density at radius 2 is 1.44 bits per heavy atom. The molecule has 0 atom stereocenters. The maximum absolute atomic E-state index is 13.9. The van der Waals surface area contributed by atoms with Gasteiger partial charge in [0.2, 0.25) is 11.8 Å². The van der Waals surface area contributed by atoms with E-state index < -0.39 is 17.7 Å². The molecule has 0 bridgehead atoms. The van der Waals surface area contributed by atoms with Crippen molar-refractivity contribution in [3.8, 4) is 34.0 Å². The van der Waals surface area contributed by atoms with Crippen LogP contribution in [0.5, 0.6) is 0 Å². The van der Waals surface area contributed by atoms with Gasteiger partial charge in [-0.25, -0.2) is 0 Å². The Hall–Kier alpha value is -3.98. The average Bonchev–Trinajstić information content (AvgIpc) is 3.61. The molecule has 0 saturated carbocycles. The highest BCUT2D eigenvalue weighted by atomic mass is 19.4. The Bertz CT molecular complexity index is 1390. The highest BCUT2D eigenvalue weighted by molar-refractivity contribution is 5.72. The van der Waals surface area contributed by atoms with E-state index in [1.807, 2.05) is 50.8 Å². The number of carbonyl (C=O) groups is 1. The molecule has 0 amide bonds. The molecule has 1 N–H and O–H groups in total. The van der Waals surface area contributed by atoms with Crippen molar-refractivity contribution in [1.82, 2.24) is 15.1 Å². The van der Waals surface area contributed by atoms with E-state index in [1.165, 1.54) is 12.1 Å². The lowest BCUT2D eigenvalue weighted by atomic mass is 9.97. The zero-order chi connectivity index (χ0) is 28.6. The topological polar surface area (TPSA) is 79.5 Å². The molecule has 0 spiro atoms. The molecule has 4 aromatic rings. The number of fused-ring (bicyclic) bond motifs is 1. The first-order chi connectivity index (χ1) is 18.8. The lowest BCUT2D eigenvalue weighted by Crippen LogP contribution is -2.20. The van der Waals surface area contributed by atoms with E-state index in [2.05, 4.69) is 10.2 Å². The van der Waals surface area contributed by atoms with Gasteiger partial charge in [0.1, 0.15) is 0 Å². The maximum Gasteiger partial charge on any atom is 0.417 e. The minimum Gasteiger partial charge on any atom is -0.481 e. The van der Waals surface area contributed by atoms with E-state index in [9.17, 15) is 18.0 Å². The van der Waals surface area contributed by atoms with E-state index in [1.54, 1.807) is 30.3 Å². The van der Waals surface area contributed by atoms with Crippen LogP contribution in [0.2, 0.25) is 0 Å². The van der Waals surface area contributed by atoms with Crippen LogP contribution in [0.4, 0.5) is 13.2 Å². The molecule has 0 saturated heterocycles. The molecule has 0 unspecified atom stereocenters. The number of alkyl halides is 3. The third-order valence-corrected chi connectivity index (χ3v) is 5.96. The van der Waals surface area contributed by atoms with Crippen molar-refractivity contribution >= 4 is 5.97 Å². The first-order valence-corrected chi connectivity index (χ1v) is 12.9. The van der Waals surface area contributed by atoms with Gasteiger partial charge in [0, 0.05) is 30.8 Å². The zero-order valence-electron chi connectivity index (χ0n) is 22.4. The first kappa shape index (κ1) is 29.6. The minimum atomic E-state index is -4.56. The van der Waals surface area contributed by atoms with Crippen LogP contribution in [0.1, 0.15) is 50.8 Å². The van der Waals surface area contributed by atoms with E-state index in [-0.39, 0.29) is 29.3 Å². The predicted molar refractivity (Wildman–Crippen MR) is 145 cm³/mol. The number of benzene rings is 3. The van der Waals surface area contributed by atoms with E-state index in [0.717, 1.165) is 17.2 Å². The van der Waals surface area contributed by atoms with Crippen LogP contribution in [0, 0.1) is 0 Å². The Balaban J connectivity index is 0.00000100. The number of halogens is 3. The van der Waals surface area contributed by atoms with E-state index in [4.69, 9.17) is 9.52 Å². The number of hydrogen-bond acceptors (Lipinski definition) is 5. The number of aromatic nitrogens is 2. The number of hydrogen-bond donors (Lipinski definition) is 1. The average molecular weight is 540 g/mol. The summed E-state index contributed by atoms with van der Waals surface area (Å²) in [6.07, 6.45) is -4.49. The molecule has 1 aromatic heterocycles. The smallest absolute Gasteiger partial charge is 0.417 e. The monoisotopic (exact) mass is 539 g/mol. The van der Waals surface area contributed by atoms with Crippen LogP contribution >= 0.6 is 0 Å². The van der Waals surface area contributed by atoms with Gasteiger partial charge in [0.15, 0.2) is 0 Å². The Morgan fingerprint density at radius 1 is 0.846 bits per heavy atom. The standard InChI is InChI=1S/C26H20F3N3O3.2C2H6/c27-26(28,29)22-13-18(8-9-21(22)16-4-2-1-3-5-16)25-31-30-24(35-25)17-6-7-19-14-32(11-10-23(33)34)15-20(19)12-17;2*1-2/h1-9,12-13H,10-11,14-15H2,(H,33,34);2*1-2H3. The quantitative estimate of drug-likeness (QED) is 0.268. The summed E-state index contributed by atoms with van der Waals surface area (Å²) in [5.41, 5.74) is 2.71. The summed E-state index contributed by atoms with van der Waals surface area (Å²) in [5, 5.41) is 16.9. The lowest BCUT2D eigenvalue weighted by Gasteiger charge is -2.14. The highest BCUT2D eigenvalue weighted by Gasteiger charge is 2.34. The number of nitrogens with zero attached hydrogens (tertiary/aromatic N) is 3. The van der Waals surface area contributed by atoms with Gasteiger partial charge in [0.25, 0.3) is 0 Å². The molecule has 6 nitrogen and oxygen atoms in total. The van der Waals surface area contributed by atoms with Gasteiger partial charge in [-0.2, -0.15) is 13.2 Å². The van der Waals surface area contributed by atoms with E-state index in [0.29, 0.717) is 30.8 Å². The van der Waals surface area contributed by atoms with Crippen molar-refractivity contribution in [3.05, 3.63) is 83.4 Å². The van der Waals surface area contributed by atoms with Crippen molar-refractivity contribution in [2.45, 2.75) is 53.4 Å². The molecule has 9 heteroatoms. The fourth-order valence-corrected chi connectivity index (χ4v) is 4.25. The van der Waals surface area contributed by atoms with Crippen molar-refractivity contribution < 1.29 is 27.5 Å². The summed E-state index contributed by atoms with van der Waals surface area (Å²) in [4.78, 5) is 12.9. The molecule has 1 aliphatic rings. The molecular formula is C30H32F3N3O3. The summed E-state index contributed by atoms with van der Waals surface area (Å²) in [5.74, 6) is -0.647. The van der Waals surface area contributed by atoms with Gasteiger partial charge in [-0.3, -0.25) is 9.69 Å². The van der Waals surface area contributed by atoms with Crippen LogP contribution in [-0.4, -0.2) is 32.7 Å². The summed E-state index contributed by atoms with van der Waals surface area (Å²) in [6, 6.07) is 18.0. The second-order valence-electron chi connectivity index (χ2n) is 8.37. The summed E-state index contributed by atoms with van der Waals surface area (Å²) in [6.45, 7) is 9.71. The number of aliphatic carboxylic acids is 1. The van der Waals surface area contributed by atoms with Gasteiger partial charge >= 0.3 is 12.1 Å². The van der Waals surface area contributed by atoms with Gasteiger partial charge in [-0.15, -0.1) is 10.2 Å². The summed E-state index contributed by atoms with van der Waals surface area (Å²) < 4.78 is 47.3. The van der Waals surface area contributed by atoms with Crippen molar-refractivity contribution in [2.75, 3.05) is 6.54 Å². The van der Waals surface area contributed by atoms with Crippen molar-refractivity contribution in [1.29, 1.82) is 0 Å². The van der Waals surface area contributed by atoms with Crippen LogP contribution in [0.25, 0.3) is 34.0 Å². The minimum absolute atomic E-state index is 0.00584. The highest BCUT2D eigenvalue weighted by Crippen LogP contribution is 2.39. The molecule has 0 fully saturated rings. The van der Waals surface area contributed by atoms with Crippen LogP contribution < -0.4 is 0 Å². The first-order valence-electron chi connectivity index (χ1n) is 12.9. The second-order valence-corrected chi connectivity index (χ2v) is 8.37. The number of carboxylic acid groups (broad SMARTS) is 1. The van der Waals surface area contributed by atoms with Gasteiger partial charge in [-0.05, 0) is 46.5 Å². The predicted octanol–water partition coefficient (Wildman–Crippen LogP) is 7.93. The number of rotatable bonds is 6. The van der Waals surface area contributed by atoms with Crippen molar-refractivity contribution in [3.63, 3.8) is 0 Å². The Labute approximate surface area is 226 Å². The SMILES string of the molecule is CC.CC.O=C(O)CCN1Cc2ccc(-c3nnc(-c4ccc(-c5ccccc5)c(C(F)(F)F)c4)o3)cc2C1. The molecule has 3 aromatic carbocycles. The molecule has 206 valence electrons. The van der Waals surface area contributed by atoms with Crippen LogP contribution in [0.15, 0.2) is 71.1 Å². The Kier molecular flexibility index (Phi) is 10.0. The van der Waals surface area contributed by atoms with Gasteiger partial charge < -0.3 is 9.52 Å². The van der Waals surface area contributed by atoms with Crippen LogP contribution in [-0.2, 0) is 24.1 Å².